The first-order valence-electron chi connectivity index (χ1n) is 7.74. The van der Waals surface area contributed by atoms with Gasteiger partial charge in [0.15, 0.2) is 0 Å². The van der Waals surface area contributed by atoms with Crippen molar-refractivity contribution in [3.63, 3.8) is 0 Å². The summed E-state index contributed by atoms with van der Waals surface area (Å²) in [7, 11) is 0. The first-order valence-corrected chi connectivity index (χ1v) is 8.11. The molecular weight excluding hydrogens is 330 g/mol. The number of benzene rings is 1. The summed E-state index contributed by atoms with van der Waals surface area (Å²) < 4.78 is 1.73. The van der Waals surface area contributed by atoms with Crippen LogP contribution in [0.2, 0.25) is 5.02 Å². The number of hydrogen-bond acceptors (Lipinski definition) is 3. The number of carboxylic acids is 1. The third kappa shape index (κ3) is 4.35. The molecule has 0 bridgehead atoms. The predicted octanol–water partition coefficient (Wildman–Crippen LogP) is 3.24. The van der Waals surface area contributed by atoms with Crippen LogP contribution in [0.15, 0.2) is 30.5 Å². The highest BCUT2D eigenvalue weighted by atomic mass is 35.5. The average Bonchev–Trinajstić information content (AvgIpc) is 2.97. The van der Waals surface area contributed by atoms with Crippen LogP contribution in [0, 0.1) is 0 Å². The Bertz CT molecular complexity index is 723. The van der Waals surface area contributed by atoms with Crippen molar-refractivity contribution in [3.8, 4) is 5.69 Å². The highest BCUT2D eigenvalue weighted by Gasteiger charge is 2.20. The van der Waals surface area contributed by atoms with E-state index >= 15 is 0 Å². The molecular formula is C17H20ClN3O3. The van der Waals surface area contributed by atoms with Gasteiger partial charge in [-0.1, -0.05) is 25.4 Å². The number of aliphatic carboxylic acids is 1. The normalized spacial score (nSPS) is 10.8. The van der Waals surface area contributed by atoms with Gasteiger partial charge in [0.2, 0.25) is 0 Å². The van der Waals surface area contributed by atoms with Gasteiger partial charge < -0.3 is 10.4 Å². The average molecular weight is 350 g/mol. The van der Waals surface area contributed by atoms with Crippen LogP contribution in [0.4, 0.5) is 0 Å². The largest absolute Gasteiger partial charge is 0.481 e. The zero-order chi connectivity index (χ0) is 17.7. The molecule has 7 heteroatoms. The van der Waals surface area contributed by atoms with Gasteiger partial charge in [-0.05, 0) is 36.6 Å². The third-order valence-corrected chi connectivity index (χ3v) is 3.77. The van der Waals surface area contributed by atoms with E-state index in [1.807, 2.05) is 26.0 Å². The van der Waals surface area contributed by atoms with Crippen LogP contribution in [0.1, 0.15) is 48.7 Å². The molecule has 0 saturated heterocycles. The lowest BCUT2D eigenvalue weighted by Gasteiger charge is -2.13. The SMILES string of the molecule is CC(C)c1c(C(=O)NCCCC(=O)O)cnn1-c1ccc(Cl)cc1. The summed E-state index contributed by atoms with van der Waals surface area (Å²) in [6.45, 7) is 4.30. The lowest BCUT2D eigenvalue weighted by atomic mass is 10.0. The number of nitrogens with zero attached hydrogens (tertiary/aromatic N) is 2. The first-order chi connectivity index (χ1) is 11.4. The number of rotatable bonds is 7. The van der Waals surface area contributed by atoms with Crippen molar-refractivity contribution in [2.24, 2.45) is 0 Å². The highest BCUT2D eigenvalue weighted by Crippen LogP contribution is 2.24. The highest BCUT2D eigenvalue weighted by molar-refractivity contribution is 6.30. The molecule has 0 unspecified atom stereocenters. The molecule has 0 fully saturated rings. The van der Waals surface area contributed by atoms with E-state index in [-0.39, 0.29) is 18.2 Å². The van der Waals surface area contributed by atoms with E-state index in [2.05, 4.69) is 10.4 Å². The van der Waals surface area contributed by atoms with Crippen molar-refractivity contribution < 1.29 is 14.7 Å². The minimum absolute atomic E-state index is 0.0291. The van der Waals surface area contributed by atoms with Crippen molar-refractivity contribution in [2.45, 2.75) is 32.6 Å². The fourth-order valence-corrected chi connectivity index (χ4v) is 2.54. The Balaban J connectivity index is 2.20. The number of hydrogen-bond donors (Lipinski definition) is 2. The van der Waals surface area contributed by atoms with Crippen molar-refractivity contribution in [1.29, 1.82) is 0 Å². The Morgan fingerprint density at radius 2 is 1.96 bits per heavy atom. The summed E-state index contributed by atoms with van der Waals surface area (Å²) in [5, 5.41) is 16.3. The Hall–Kier alpha value is -2.34. The number of aromatic nitrogens is 2. The molecule has 1 heterocycles. The van der Waals surface area contributed by atoms with Crippen molar-refractivity contribution in [2.75, 3.05) is 6.54 Å². The lowest BCUT2D eigenvalue weighted by molar-refractivity contribution is -0.137. The molecule has 24 heavy (non-hydrogen) atoms. The van der Waals surface area contributed by atoms with E-state index in [1.54, 1.807) is 16.8 Å². The van der Waals surface area contributed by atoms with E-state index < -0.39 is 5.97 Å². The molecule has 0 aliphatic heterocycles. The van der Waals surface area contributed by atoms with Gasteiger partial charge in [0.05, 0.1) is 23.1 Å². The number of nitrogens with one attached hydrogen (secondary N) is 1. The van der Waals surface area contributed by atoms with Gasteiger partial charge in [0.1, 0.15) is 0 Å². The molecule has 0 saturated carbocycles. The topological polar surface area (TPSA) is 84.2 Å². The molecule has 0 radical (unpaired) electrons. The van der Waals surface area contributed by atoms with Gasteiger partial charge in [-0.2, -0.15) is 5.10 Å². The molecule has 128 valence electrons. The lowest BCUT2D eigenvalue weighted by Crippen LogP contribution is -2.26. The molecule has 6 nitrogen and oxygen atoms in total. The van der Waals surface area contributed by atoms with Gasteiger partial charge in [-0.3, -0.25) is 9.59 Å². The number of carboxylic acid groups (broad SMARTS) is 1. The number of amides is 1. The molecule has 1 aromatic heterocycles. The van der Waals surface area contributed by atoms with Gasteiger partial charge in [0.25, 0.3) is 5.91 Å². The molecule has 2 rings (SSSR count). The summed E-state index contributed by atoms with van der Waals surface area (Å²) in [4.78, 5) is 22.9. The smallest absolute Gasteiger partial charge is 0.303 e. The molecule has 2 N–H and O–H groups in total. The Morgan fingerprint density at radius 3 is 2.54 bits per heavy atom. The van der Waals surface area contributed by atoms with Crippen LogP contribution in [0.25, 0.3) is 5.69 Å². The first kappa shape index (κ1) is 18.0. The van der Waals surface area contributed by atoms with Gasteiger partial charge in [-0.25, -0.2) is 4.68 Å². The molecule has 2 aromatic rings. The monoisotopic (exact) mass is 349 g/mol. The van der Waals surface area contributed by atoms with Gasteiger partial charge >= 0.3 is 5.97 Å². The van der Waals surface area contributed by atoms with Crippen LogP contribution in [0.3, 0.4) is 0 Å². The number of halogens is 1. The zero-order valence-corrected chi connectivity index (χ0v) is 14.4. The maximum Gasteiger partial charge on any atom is 0.303 e. The summed E-state index contributed by atoms with van der Waals surface area (Å²) in [6, 6.07) is 7.23. The minimum Gasteiger partial charge on any atom is -0.481 e. The predicted molar refractivity (Wildman–Crippen MR) is 91.9 cm³/mol. The quantitative estimate of drug-likeness (QED) is 0.751. The van der Waals surface area contributed by atoms with E-state index in [1.165, 1.54) is 6.20 Å². The summed E-state index contributed by atoms with van der Waals surface area (Å²) >= 11 is 5.91. The van der Waals surface area contributed by atoms with E-state index in [0.29, 0.717) is 23.6 Å². The molecule has 1 aromatic carbocycles. The molecule has 0 atom stereocenters. The van der Waals surface area contributed by atoms with Crippen LogP contribution in [-0.4, -0.2) is 33.3 Å². The fourth-order valence-electron chi connectivity index (χ4n) is 2.41. The summed E-state index contributed by atoms with van der Waals surface area (Å²) in [5.41, 5.74) is 2.12. The summed E-state index contributed by atoms with van der Waals surface area (Å²) in [6.07, 6.45) is 1.96. The zero-order valence-electron chi connectivity index (χ0n) is 13.6. The molecule has 1 amide bonds. The minimum atomic E-state index is -0.873. The van der Waals surface area contributed by atoms with E-state index in [9.17, 15) is 9.59 Å². The third-order valence-electron chi connectivity index (χ3n) is 3.52. The van der Waals surface area contributed by atoms with Gasteiger partial charge in [0, 0.05) is 18.0 Å². The molecule has 0 aliphatic rings. The Labute approximate surface area is 145 Å². The summed E-state index contributed by atoms with van der Waals surface area (Å²) in [5.74, 6) is -1.03. The second-order valence-electron chi connectivity index (χ2n) is 5.74. The van der Waals surface area contributed by atoms with Crippen LogP contribution in [0.5, 0.6) is 0 Å². The van der Waals surface area contributed by atoms with E-state index in [0.717, 1.165) is 11.4 Å². The standard InChI is InChI=1S/C17H20ClN3O3/c1-11(2)16-14(17(24)19-9-3-4-15(22)23)10-20-21(16)13-7-5-12(18)6-8-13/h5-8,10-11H,3-4,9H2,1-2H3,(H,19,24)(H,22,23). The van der Waals surface area contributed by atoms with Crippen LogP contribution >= 0.6 is 11.6 Å². The van der Waals surface area contributed by atoms with Gasteiger partial charge in [-0.15, -0.1) is 0 Å². The van der Waals surface area contributed by atoms with Crippen molar-refractivity contribution >= 4 is 23.5 Å². The van der Waals surface area contributed by atoms with Crippen molar-refractivity contribution in [3.05, 3.63) is 46.7 Å². The van der Waals surface area contributed by atoms with E-state index in [4.69, 9.17) is 16.7 Å². The Morgan fingerprint density at radius 1 is 1.29 bits per heavy atom. The molecule has 0 aliphatic carbocycles. The second-order valence-corrected chi connectivity index (χ2v) is 6.18. The maximum atomic E-state index is 12.4. The maximum absolute atomic E-state index is 12.4. The second kappa shape index (κ2) is 7.97. The Kier molecular flexibility index (Phi) is 5.98. The van der Waals surface area contributed by atoms with Crippen LogP contribution in [-0.2, 0) is 4.79 Å². The fraction of sp³-hybridized carbons (Fsp3) is 0.353. The van der Waals surface area contributed by atoms with Crippen molar-refractivity contribution in [1.82, 2.24) is 15.1 Å². The number of carbonyl (C=O) groups is 2. The molecule has 0 spiro atoms. The van der Waals surface area contributed by atoms with Crippen LogP contribution < -0.4 is 5.32 Å². The number of carbonyl (C=O) groups excluding carboxylic acids is 1.